The predicted molar refractivity (Wildman–Crippen MR) is 197 cm³/mol. The van der Waals surface area contributed by atoms with E-state index < -0.39 is 11.2 Å². The van der Waals surface area contributed by atoms with Crippen molar-refractivity contribution in [3.8, 4) is 11.3 Å². The van der Waals surface area contributed by atoms with Crippen molar-refractivity contribution in [3.63, 3.8) is 0 Å². The Morgan fingerprint density at radius 1 is 1.04 bits per heavy atom. The molecule has 4 fully saturated rings. The first-order valence-corrected chi connectivity index (χ1v) is 18.8. The summed E-state index contributed by atoms with van der Waals surface area (Å²) in [6, 6.07) is 10.6. The predicted octanol–water partition coefficient (Wildman–Crippen LogP) is 6.07. The van der Waals surface area contributed by atoms with E-state index in [0.29, 0.717) is 62.1 Å². The van der Waals surface area contributed by atoms with E-state index in [9.17, 15) is 14.0 Å². The molecule has 272 valence electrons. The molecule has 7 heterocycles. The minimum atomic E-state index is -0.666. The number of nitrogens with one attached hydrogen (secondary N) is 1. The number of fused-ring (bicyclic) bond motifs is 3. The van der Waals surface area contributed by atoms with Crippen molar-refractivity contribution in [2.75, 3.05) is 49.6 Å². The first-order valence-electron chi connectivity index (χ1n) is 18.8. The Bertz CT molecular complexity index is 2060. The molecule has 4 aliphatic heterocycles. The Labute approximate surface area is 303 Å². The van der Waals surface area contributed by atoms with Gasteiger partial charge in [0.05, 0.1) is 54.0 Å². The molecule has 1 spiro atoms. The number of nitrogens with zero attached hydrogens (tertiary/aromatic N) is 7. The highest BCUT2D eigenvalue weighted by atomic mass is 19.1. The number of carbonyl (C=O) groups is 2. The van der Waals surface area contributed by atoms with Crippen LogP contribution in [0.25, 0.3) is 22.3 Å². The van der Waals surface area contributed by atoms with Crippen LogP contribution in [0.1, 0.15) is 71.4 Å². The number of imidazole rings is 1. The quantitative estimate of drug-likeness (QED) is 0.247. The number of ether oxygens (including phenoxy) is 1. The fourth-order valence-electron chi connectivity index (χ4n) is 9.17. The van der Waals surface area contributed by atoms with E-state index in [1.165, 1.54) is 12.6 Å². The summed E-state index contributed by atoms with van der Waals surface area (Å²) >= 11 is 0. The lowest BCUT2D eigenvalue weighted by atomic mass is 9.73. The van der Waals surface area contributed by atoms with Gasteiger partial charge in [0.1, 0.15) is 5.52 Å². The molecule has 2 amide bonds. The number of carbonyl (C=O) groups excluding carboxylic acids is 2. The fraction of sp³-hybridized carbons (Fsp3) is 0.525. The van der Waals surface area contributed by atoms with E-state index in [1.54, 1.807) is 18.6 Å². The zero-order chi connectivity index (χ0) is 35.9. The first-order chi connectivity index (χ1) is 25.0. The van der Waals surface area contributed by atoms with Gasteiger partial charge in [-0.2, -0.15) is 0 Å². The molecule has 11 nitrogen and oxygen atoms in total. The van der Waals surface area contributed by atoms with E-state index in [4.69, 9.17) is 14.7 Å². The van der Waals surface area contributed by atoms with Crippen molar-refractivity contribution in [2.45, 2.75) is 83.3 Å². The molecular weight excluding hydrogens is 659 g/mol. The average Bonchev–Trinajstić information content (AvgIpc) is 3.74. The number of likely N-dealkylation sites (tertiary alicyclic amines) is 2. The normalized spacial score (nSPS) is 24.1. The second-order valence-electron chi connectivity index (χ2n) is 16.7. The molecule has 3 saturated heterocycles. The summed E-state index contributed by atoms with van der Waals surface area (Å²) in [4.78, 5) is 48.4. The maximum atomic E-state index is 14.9. The Morgan fingerprint density at radius 3 is 2.50 bits per heavy atom. The van der Waals surface area contributed by atoms with Gasteiger partial charge in [0.25, 0.3) is 0 Å². The molecule has 1 aliphatic carbocycles. The third-order valence-corrected chi connectivity index (χ3v) is 12.4. The Balaban J connectivity index is 1.08. The topological polar surface area (TPSA) is 109 Å². The molecule has 1 N–H and O–H groups in total. The molecule has 0 bridgehead atoms. The van der Waals surface area contributed by atoms with Crippen molar-refractivity contribution in [3.05, 3.63) is 60.4 Å². The minimum Gasteiger partial charge on any atom is -0.380 e. The SMILES string of the molecule is CC(C)n1cnc2cc(-c3ccc4c(c3)N(C3CC(N5CCC(C)(C)C5)C3)C(=O)C43CCN(C(=O)C4COC4)CC3)nc(Nc3ccncc3F)c21. The second kappa shape index (κ2) is 12.3. The number of piperidine rings is 1. The monoisotopic (exact) mass is 706 g/mol. The summed E-state index contributed by atoms with van der Waals surface area (Å²) in [6.07, 6.45) is 8.85. The highest BCUT2D eigenvalue weighted by Crippen LogP contribution is 2.52. The highest BCUT2D eigenvalue weighted by molar-refractivity contribution is 6.09. The van der Waals surface area contributed by atoms with Crippen LogP contribution >= 0.6 is 0 Å². The van der Waals surface area contributed by atoms with Crippen molar-refractivity contribution in [2.24, 2.45) is 11.3 Å². The van der Waals surface area contributed by atoms with Gasteiger partial charge in [0, 0.05) is 55.2 Å². The average molecular weight is 707 g/mol. The lowest BCUT2D eigenvalue weighted by Gasteiger charge is -2.47. The lowest BCUT2D eigenvalue weighted by Crippen LogP contribution is -2.58. The molecule has 0 unspecified atom stereocenters. The zero-order valence-electron chi connectivity index (χ0n) is 30.4. The van der Waals surface area contributed by atoms with Gasteiger partial charge in [-0.05, 0) is 81.7 Å². The van der Waals surface area contributed by atoms with Gasteiger partial charge >= 0.3 is 0 Å². The highest BCUT2D eigenvalue weighted by Gasteiger charge is 2.56. The Hall–Kier alpha value is -4.42. The van der Waals surface area contributed by atoms with Crippen LogP contribution in [0.3, 0.4) is 0 Å². The van der Waals surface area contributed by atoms with E-state index in [-0.39, 0.29) is 35.5 Å². The van der Waals surface area contributed by atoms with Crippen molar-refractivity contribution < 1.29 is 18.7 Å². The summed E-state index contributed by atoms with van der Waals surface area (Å²) in [6.45, 7) is 13.1. The number of halogens is 1. The van der Waals surface area contributed by atoms with Gasteiger partial charge in [-0.25, -0.2) is 14.4 Å². The number of amides is 2. The Morgan fingerprint density at radius 2 is 1.83 bits per heavy atom. The zero-order valence-corrected chi connectivity index (χ0v) is 30.4. The number of anilines is 3. The molecule has 4 aromatic rings. The van der Waals surface area contributed by atoms with E-state index in [0.717, 1.165) is 53.8 Å². The molecular formula is C40H47FN8O3. The van der Waals surface area contributed by atoms with Gasteiger partial charge in [0.15, 0.2) is 11.6 Å². The number of pyridine rings is 2. The molecule has 1 aromatic carbocycles. The van der Waals surface area contributed by atoms with Crippen molar-refractivity contribution in [1.29, 1.82) is 0 Å². The maximum absolute atomic E-state index is 14.9. The van der Waals surface area contributed by atoms with Gasteiger partial charge in [-0.3, -0.25) is 19.5 Å². The van der Waals surface area contributed by atoms with Crippen LogP contribution in [0, 0.1) is 17.2 Å². The molecule has 5 aliphatic rings. The molecule has 12 heteroatoms. The summed E-state index contributed by atoms with van der Waals surface area (Å²) in [5, 5.41) is 3.23. The molecule has 52 heavy (non-hydrogen) atoms. The molecule has 9 rings (SSSR count). The first kappa shape index (κ1) is 33.4. The fourth-order valence-corrected chi connectivity index (χ4v) is 9.17. The number of hydrogen-bond donors (Lipinski definition) is 1. The molecule has 3 aromatic heterocycles. The second-order valence-corrected chi connectivity index (χ2v) is 16.7. The maximum Gasteiger partial charge on any atom is 0.238 e. The van der Waals surface area contributed by atoms with Gasteiger partial charge in [0.2, 0.25) is 11.8 Å². The van der Waals surface area contributed by atoms with Crippen LogP contribution in [0.2, 0.25) is 0 Å². The number of benzene rings is 1. The molecule has 0 atom stereocenters. The van der Waals surface area contributed by atoms with Gasteiger partial charge in [-0.15, -0.1) is 0 Å². The summed E-state index contributed by atoms with van der Waals surface area (Å²) < 4.78 is 22.2. The number of hydrogen-bond acceptors (Lipinski definition) is 8. The largest absolute Gasteiger partial charge is 0.380 e. The van der Waals surface area contributed by atoms with Crippen molar-refractivity contribution >= 4 is 40.0 Å². The van der Waals surface area contributed by atoms with E-state index in [2.05, 4.69) is 66.0 Å². The lowest BCUT2D eigenvalue weighted by molar-refractivity contribution is -0.152. The summed E-state index contributed by atoms with van der Waals surface area (Å²) in [5.41, 5.74) is 5.01. The van der Waals surface area contributed by atoms with Gasteiger partial charge < -0.3 is 24.4 Å². The smallest absolute Gasteiger partial charge is 0.238 e. The van der Waals surface area contributed by atoms with E-state index >= 15 is 0 Å². The van der Waals surface area contributed by atoms with Crippen LogP contribution in [0.4, 0.5) is 21.6 Å². The third-order valence-electron chi connectivity index (χ3n) is 12.4. The van der Waals surface area contributed by atoms with E-state index in [1.807, 2.05) is 15.5 Å². The summed E-state index contributed by atoms with van der Waals surface area (Å²) in [5.74, 6) is 0.275. The standard InChI is InChI=1S/C40H47FN8O3/c1-24(2)48-23-43-33-18-32(45-36(35(33)48)44-31-7-11-42-19-30(31)41)25-5-6-29-34(15-25)49(28-16-27(17-28)47-12-8-39(3,4)22-47)38(51)40(29)9-13-46(14-10-40)37(50)26-20-52-21-26/h5-7,11,15,18-19,23-24,26-28H,8-10,12-14,16-17,20-22H2,1-4H3,(H,42,44,45). The van der Waals surface area contributed by atoms with Gasteiger partial charge in [-0.1, -0.05) is 26.0 Å². The number of aromatic nitrogens is 4. The van der Waals surface area contributed by atoms with Crippen LogP contribution in [0.15, 0.2) is 49.1 Å². The summed E-state index contributed by atoms with van der Waals surface area (Å²) in [7, 11) is 0. The van der Waals surface area contributed by atoms with Crippen LogP contribution in [-0.4, -0.2) is 92.6 Å². The Kier molecular flexibility index (Phi) is 7.93. The van der Waals surface area contributed by atoms with Crippen LogP contribution < -0.4 is 10.2 Å². The third kappa shape index (κ3) is 5.39. The van der Waals surface area contributed by atoms with Crippen LogP contribution in [0.5, 0.6) is 0 Å². The number of rotatable bonds is 7. The molecule has 0 radical (unpaired) electrons. The minimum absolute atomic E-state index is 0.0617. The van der Waals surface area contributed by atoms with Crippen molar-refractivity contribution in [1.82, 2.24) is 29.3 Å². The van der Waals surface area contributed by atoms with Crippen LogP contribution in [-0.2, 0) is 19.7 Å². The molecule has 1 saturated carbocycles.